The number of benzene rings is 2. The van der Waals surface area contributed by atoms with Gasteiger partial charge < -0.3 is 0 Å². The lowest BCUT2D eigenvalue weighted by molar-refractivity contribution is 0.627. The highest BCUT2D eigenvalue weighted by atomic mass is 32.2. The highest BCUT2D eigenvalue weighted by Gasteiger charge is 2.11. The Morgan fingerprint density at radius 2 is 1.81 bits per heavy atom. The largest absolute Gasteiger partial charge is 0.294 e. The van der Waals surface area contributed by atoms with Crippen molar-refractivity contribution in [1.82, 2.24) is 30.0 Å². The average molecular weight is 368 g/mol. The zero-order valence-corrected chi connectivity index (χ0v) is 14.2. The van der Waals surface area contributed by atoms with E-state index >= 15 is 0 Å². The molecule has 4 rings (SSSR count). The minimum absolute atomic E-state index is 0.213. The van der Waals surface area contributed by atoms with Crippen LogP contribution in [0.1, 0.15) is 5.69 Å². The number of thioether (sulfide) groups is 1. The lowest BCUT2D eigenvalue weighted by Gasteiger charge is -2.04. The number of aromatic amines is 1. The first kappa shape index (κ1) is 16.3. The van der Waals surface area contributed by atoms with Gasteiger partial charge in [0.05, 0.1) is 11.4 Å². The van der Waals surface area contributed by atoms with Crippen molar-refractivity contribution in [3.8, 4) is 11.4 Å². The predicted octanol–water partition coefficient (Wildman–Crippen LogP) is 2.57. The highest BCUT2D eigenvalue weighted by Crippen LogP contribution is 2.21. The van der Waals surface area contributed by atoms with E-state index in [1.165, 1.54) is 34.6 Å². The summed E-state index contributed by atoms with van der Waals surface area (Å²) in [5, 5.41) is 15.4. The number of hydrogen-bond acceptors (Lipinski definition) is 5. The van der Waals surface area contributed by atoms with Crippen molar-refractivity contribution in [1.29, 1.82) is 0 Å². The normalized spacial score (nSPS) is 11.0. The van der Waals surface area contributed by atoms with E-state index in [1.54, 1.807) is 16.8 Å². The fourth-order valence-electron chi connectivity index (χ4n) is 2.44. The molecule has 0 saturated heterocycles. The average Bonchev–Trinajstić information content (AvgIpc) is 3.28. The van der Waals surface area contributed by atoms with Crippen LogP contribution in [0.25, 0.3) is 11.4 Å². The summed E-state index contributed by atoms with van der Waals surface area (Å²) in [6, 6.07) is 16.8. The monoisotopic (exact) mass is 368 g/mol. The van der Waals surface area contributed by atoms with E-state index in [4.69, 9.17) is 0 Å². The first-order chi connectivity index (χ1) is 12.7. The molecule has 7 nitrogen and oxygen atoms in total. The lowest BCUT2D eigenvalue weighted by Crippen LogP contribution is -2.13. The van der Waals surface area contributed by atoms with E-state index in [2.05, 4.69) is 20.6 Å². The molecule has 26 heavy (non-hydrogen) atoms. The molecule has 0 spiro atoms. The smallest absolute Gasteiger partial charge is 0.271 e. The molecule has 0 aliphatic rings. The second-order valence-corrected chi connectivity index (χ2v) is 6.37. The summed E-state index contributed by atoms with van der Waals surface area (Å²) in [7, 11) is 0. The van der Waals surface area contributed by atoms with Crippen LogP contribution in [0.3, 0.4) is 0 Å². The molecule has 2 heterocycles. The quantitative estimate of drug-likeness (QED) is 0.548. The summed E-state index contributed by atoms with van der Waals surface area (Å²) in [6.07, 6.45) is 0. The Bertz CT molecular complexity index is 1070. The third-order valence-electron chi connectivity index (χ3n) is 3.66. The molecule has 130 valence electrons. The topological polar surface area (TPSA) is 81.4 Å². The number of nitrogens with zero attached hydrogens (tertiary/aromatic N) is 5. The molecule has 0 amide bonds. The first-order valence-corrected chi connectivity index (χ1v) is 8.73. The van der Waals surface area contributed by atoms with Crippen molar-refractivity contribution in [2.75, 3.05) is 0 Å². The maximum Gasteiger partial charge on any atom is 0.271 e. The van der Waals surface area contributed by atoms with Gasteiger partial charge in [-0.25, -0.2) is 9.07 Å². The summed E-state index contributed by atoms with van der Waals surface area (Å²) in [6.45, 7) is 0. The Morgan fingerprint density at radius 3 is 2.58 bits per heavy atom. The molecule has 4 aromatic rings. The Morgan fingerprint density at radius 1 is 1.04 bits per heavy atom. The molecule has 1 N–H and O–H groups in total. The van der Waals surface area contributed by atoms with Crippen LogP contribution in [0.2, 0.25) is 0 Å². The molecule has 0 aliphatic carbocycles. The minimum atomic E-state index is -0.350. The van der Waals surface area contributed by atoms with Crippen LogP contribution < -0.4 is 5.56 Å². The van der Waals surface area contributed by atoms with E-state index in [0.717, 1.165) is 5.69 Å². The van der Waals surface area contributed by atoms with Crippen molar-refractivity contribution < 1.29 is 4.39 Å². The molecule has 0 saturated carbocycles. The maximum absolute atomic E-state index is 13.0. The first-order valence-electron chi connectivity index (χ1n) is 7.74. The lowest BCUT2D eigenvalue weighted by atomic mass is 10.3. The second-order valence-electron chi connectivity index (χ2n) is 5.43. The maximum atomic E-state index is 13.0. The number of tetrazole rings is 1. The van der Waals surface area contributed by atoms with Gasteiger partial charge in [-0.2, -0.15) is 4.68 Å². The van der Waals surface area contributed by atoms with Gasteiger partial charge >= 0.3 is 0 Å². The van der Waals surface area contributed by atoms with Gasteiger partial charge in [-0.05, 0) is 46.8 Å². The van der Waals surface area contributed by atoms with Gasteiger partial charge in [0.15, 0.2) is 0 Å². The fourth-order valence-corrected chi connectivity index (χ4v) is 3.23. The molecule has 0 atom stereocenters. The van der Waals surface area contributed by atoms with Gasteiger partial charge in [0, 0.05) is 17.5 Å². The van der Waals surface area contributed by atoms with Crippen LogP contribution in [0.15, 0.2) is 70.6 Å². The molecule has 0 radical (unpaired) electrons. The van der Waals surface area contributed by atoms with E-state index in [0.29, 0.717) is 22.3 Å². The van der Waals surface area contributed by atoms with Crippen LogP contribution in [-0.4, -0.2) is 30.0 Å². The molecule has 2 aromatic heterocycles. The summed E-state index contributed by atoms with van der Waals surface area (Å²) in [4.78, 5) is 12.2. The standard InChI is InChI=1S/C17H13FN6OS/c18-12-6-8-15(9-7-12)23-16(25)10-13(20-23)11-26-17-19-21-22-24(17)14-4-2-1-3-5-14/h1-10,20H,11H2. The van der Waals surface area contributed by atoms with E-state index < -0.39 is 0 Å². The van der Waals surface area contributed by atoms with Crippen molar-refractivity contribution >= 4 is 11.8 Å². The van der Waals surface area contributed by atoms with Crippen molar-refractivity contribution in [2.45, 2.75) is 10.9 Å². The second kappa shape index (κ2) is 6.96. The third kappa shape index (κ3) is 3.29. The number of hydrogen-bond donors (Lipinski definition) is 1. The SMILES string of the molecule is O=c1cc(CSc2nnnn2-c2ccccc2)[nH]n1-c1ccc(F)cc1. The van der Waals surface area contributed by atoms with Crippen LogP contribution in [0.4, 0.5) is 4.39 Å². The number of H-pyrrole nitrogens is 1. The summed E-state index contributed by atoms with van der Waals surface area (Å²) >= 11 is 1.40. The van der Waals surface area contributed by atoms with Gasteiger partial charge in [0.1, 0.15) is 5.82 Å². The zero-order valence-electron chi connectivity index (χ0n) is 13.4. The van der Waals surface area contributed by atoms with Gasteiger partial charge in [-0.15, -0.1) is 5.10 Å². The molecule has 0 bridgehead atoms. The number of nitrogens with one attached hydrogen (secondary N) is 1. The Labute approximate surface area is 151 Å². The Hall–Kier alpha value is -3.20. The van der Waals surface area contributed by atoms with Crippen LogP contribution in [-0.2, 0) is 5.75 Å². The van der Waals surface area contributed by atoms with Crippen LogP contribution in [0.5, 0.6) is 0 Å². The third-order valence-corrected chi connectivity index (χ3v) is 4.62. The van der Waals surface area contributed by atoms with Crippen LogP contribution in [0, 0.1) is 5.82 Å². The van der Waals surface area contributed by atoms with E-state index in [-0.39, 0.29) is 11.4 Å². The molecular formula is C17H13FN6OS. The van der Waals surface area contributed by atoms with Gasteiger partial charge in [0.2, 0.25) is 5.16 Å². The summed E-state index contributed by atoms with van der Waals surface area (Å²) < 4.78 is 16.1. The summed E-state index contributed by atoms with van der Waals surface area (Å²) in [5.74, 6) is 0.133. The summed E-state index contributed by atoms with van der Waals surface area (Å²) in [5.41, 5.74) is 1.93. The number of para-hydroxylation sites is 1. The number of halogens is 1. The molecule has 0 fully saturated rings. The van der Waals surface area contributed by atoms with Crippen molar-refractivity contribution in [2.24, 2.45) is 0 Å². The van der Waals surface area contributed by atoms with E-state index in [1.807, 2.05) is 30.3 Å². The van der Waals surface area contributed by atoms with Gasteiger partial charge in [-0.1, -0.05) is 30.0 Å². The van der Waals surface area contributed by atoms with Crippen molar-refractivity contribution in [3.05, 3.63) is 82.5 Å². The van der Waals surface area contributed by atoms with Crippen LogP contribution >= 0.6 is 11.8 Å². The van der Waals surface area contributed by atoms with Gasteiger partial charge in [-0.3, -0.25) is 9.89 Å². The van der Waals surface area contributed by atoms with E-state index in [9.17, 15) is 9.18 Å². The highest BCUT2D eigenvalue weighted by molar-refractivity contribution is 7.98. The zero-order chi connectivity index (χ0) is 17.9. The minimum Gasteiger partial charge on any atom is -0.294 e. The fraction of sp³-hybridized carbons (Fsp3) is 0.0588. The molecule has 9 heteroatoms. The van der Waals surface area contributed by atoms with Crippen molar-refractivity contribution in [3.63, 3.8) is 0 Å². The predicted molar refractivity (Wildman–Crippen MR) is 95.1 cm³/mol. The molecule has 2 aromatic carbocycles. The molecular weight excluding hydrogens is 355 g/mol. The van der Waals surface area contributed by atoms with Gasteiger partial charge in [0.25, 0.3) is 5.56 Å². The number of rotatable bonds is 5. The molecule has 0 unspecified atom stereocenters. The number of aromatic nitrogens is 6. The Kier molecular flexibility index (Phi) is 4.36. The molecule has 0 aliphatic heterocycles. The Balaban J connectivity index is 1.53.